The van der Waals surface area contributed by atoms with Gasteiger partial charge in [-0.2, -0.15) is 0 Å². The van der Waals surface area contributed by atoms with Gasteiger partial charge in [0.15, 0.2) is 0 Å². The summed E-state index contributed by atoms with van der Waals surface area (Å²) in [7, 11) is 0. The fourth-order valence-corrected chi connectivity index (χ4v) is 3.03. The number of amides is 6. The van der Waals surface area contributed by atoms with E-state index in [0.29, 0.717) is 19.3 Å². The Balaban J connectivity index is 2.82. The molecule has 3 N–H and O–H groups in total. The summed E-state index contributed by atoms with van der Waals surface area (Å²) in [5, 5.41) is 7.58. The van der Waals surface area contributed by atoms with Gasteiger partial charge < -0.3 is 30.7 Å². The number of hydrogen-bond donors (Lipinski definition) is 3. The molecule has 186 valence electrons. The molecule has 1 aliphatic rings. The van der Waals surface area contributed by atoms with Crippen molar-refractivity contribution < 1.29 is 28.8 Å². The van der Waals surface area contributed by atoms with Crippen LogP contribution in [-0.2, 0) is 28.8 Å². The third-order valence-electron chi connectivity index (χ3n) is 4.82. The van der Waals surface area contributed by atoms with Gasteiger partial charge in [-0.05, 0) is 19.3 Å². The quantitative estimate of drug-likeness (QED) is 0.338. The Morgan fingerprint density at radius 3 is 0.970 bits per heavy atom. The first-order valence-corrected chi connectivity index (χ1v) is 11.3. The van der Waals surface area contributed by atoms with Gasteiger partial charge in [0.05, 0.1) is 39.6 Å². The first-order valence-electron chi connectivity index (χ1n) is 11.3. The fourth-order valence-electron chi connectivity index (χ4n) is 3.03. The Morgan fingerprint density at radius 2 is 0.758 bits per heavy atom. The van der Waals surface area contributed by atoms with Crippen LogP contribution in [0.25, 0.3) is 0 Å². The Morgan fingerprint density at radius 1 is 0.515 bits per heavy atom. The maximum atomic E-state index is 12.6. The van der Waals surface area contributed by atoms with Gasteiger partial charge in [-0.25, -0.2) is 0 Å². The smallest absolute Gasteiger partial charge is 0.244 e. The molecule has 0 aromatic heterocycles. The van der Waals surface area contributed by atoms with Gasteiger partial charge in [0, 0.05) is 19.3 Å². The van der Waals surface area contributed by atoms with E-state index in [9.17, 15) is 28.8 Å². The first-order chi connectivity index (χ1) is 15.7. The Hall–Kier alpha value is -3.18. The minimum absolute atomic E-state index is 0.0864. The van der Waals surface area contributed by atoms with E-state index in [0.717, 1.165) is 0 Å². The zero-order valence-electron chi connectivity index (χ0n) is 19.8. The van der Waals surface area contributed by atoms with Gasteiger partial charge in [-0.1, -0.05) is 20.8 Å². The second-order valence-corrected chi connectivity index (χ2v) is 7.81. The summed E-state index contributed by atoms with van der Waals surface area (Å²) in [6, 6.07) is 0. The minimum atomic E-state index is -0.459. The highest BCUT2D eigenvalue weighted by molar-refractivity contribution is 5.88. The molecule has 0 radical (unpaired) electrons. The standard InChI is InChI=1S/C21H36N6O6/c1-4-7-16(28)22-10-19(31)25-13-26(20(32)11-23-17(29)8-5-2)15-27(14-25)21(33)12-24-18(30)9-6-3/h4-15H2,1-3H3,(H,22,28)(H,23,29)(H,24,30). The zero-order chi connectivity index (χ0) is 24.8. The fraction of sp³-hybridized carbons (Fsp3) is 0.714. The van der Waals surface area contributed by atoms with Crippen LogP contribution in [0.1, 0.15) is 59.3 Å². The molecule has 0 saturated carbocycles. The van der Waals surface area contributed by atoms with Crippen molar-refractivity contribution in [1.82, 2.24) is 30.7 Å². The SMILES string of the molecule is CCCC(=O)NCC(=O)N1CN(C(=O)CNC(=O)CCC)CN(C(=O)CNC(=O)CCC)C1. The van der Waals surface area contributed by atoms with Crippen LogP contribution in [0.3, 0.4) is 0 Å². The molecule has 0 aromatic rings. The summed E-state index contributed by atoms with van der Waals surface area (Å²) >= 11 is 0. The summed E-state index contributed by atoms with van der Waals surface area (Å²) in [5.41, 5.74) is 0. The summed E-state index contributed by atoms with van der Waals surface area (Å²) in [6.07, 6.45) is 2.79. The van der Waals surface area contributed by atoms with Crippen molar-refractivity contribution in [2.75, 3.05) is 39.6 Å². The molecule has 12 heteroatoms. The van der Waals surface area contributed by atoms with Crippen LogP contribution in [0.2, 0.25) is 0 Å². The molecule has 0 unspecified atom stereocenters. The van der Waals surface area contributed by atoms with Gasteiger partial charge in [0.1, 0.15) is 0 Å². The van der Waals surface area contributed by atoms with Crippen LogP contribution in [-0.4, -0.2) is 89.8 Å². The second-order valence-electron chi connectivity index (χ2n) is 7.81. The van der Waals surface area contributed by atoms with Crippen molar-refractivity contribution in [3.05, 3.63) is 0 Å². The number of rotatable bonds is 12. The maximum Gasteiger partial charge on any atom is 0.244 e. The van der Waals surface area contributed by atoms with Gasteiger partial charge in [0.25, 0.3) is 0 Å². The highest BCUT2D eigenvalue weighted by Crippen LogP contribution is 2.09. The lowest BCUT2D eigenvalue weighted by Crippen LogP contribution is -2.62. The highest BCUT2D eigenvalue weighted by atomic mass is 16.2. The number of nitrogens with one attached hydrogen (secondary N) is 3. The van der Waals surface area contributed by atoms with Crippen LogP contribution < -0.4 is 16.0 Å². The van der Waals surface area contributed by atoms with Crippen molar-refractivity contribution in [2.24, 2.45) is 0 Å². The summed E-state index contributed by atoms with van der Waals surface area (Å²) in [4.78, 5) is 76.8. The molecule has 0 aliphatic carbocycles. The lowest BCUT2D eigenvalue weighted by atomic mass is 10.3. The van der Waals surface area contributed by atoms with Gasteiger partial charge in [-0.15, -0.1) is 0 Å². The van der Waals surface area contributed by atoms with E-state index in [4.69, 9.17) is 0 Å². The number of carbonyl (C=O) groups excluding carboxylic acids is 6. The molecular weight excluding hydrogens is 432 g/mol. The number of hydrogen-bond acceptors (Lipinski definition) is 6. The summed E-state index contributed by atoms with van der Waals surface area (Å²) in [6.45, 7) is 4.49. The van der Waals surface area contributed by atoms with E-state index in [1.54, 1.807) is 0 Å². The first kappa shape index (κ1) is 27.9. The monoisotopic (exact) mass is 468 g/mol. The molecule has 0 spiro atoms. The molecule has 0 aromatic carbocycles. The number of nitrogens with zero attached hydrogens (tertiary/aromatic N) is 3. The third-order valence-corrected chi connectivity index (χ3v) is 4.82. The molecule has 1 heterocycles. The predicted octanol–water partition coefficient (Wildman–Crippen LogP) is -0.893. The van der Waals surface area contributed by atoms with Crippen molar-refractivity contribution in [2.45, 2.75) is 59.3 Å². The third kappa shape index (κ3) is 10.3. The van der Waals surface area contributed by atoms with Crippen molar-refractivity contribution in [1.29, 1.82) is 0 Å². The maximum absolute atomic E-state index is 12.6. The van der Waals surface area contributed by atoms with Gasteiger partial charge in [-0.3, -0.25) is 28.8 Å². The molecule has 12 nitrogen and oxygen atoms in total. The predicted molar refractivity (Wildman–Crippen MR) is 119 cm³/mol. The van der Waals surface area contributed by atoms with E-state index in [1.165, 1.54) is 14.7 Å². The van der Waals surface area contributed by atoms with E-state index >= 15 is 0 Å². The van der Waals surface area contributed by atoms with E-state index in [2.05, 4.69) is 16.0 Å². The van der Waals surface area contributed by atoms with Crippen LogP contribution in [0.15, 0.2) is 0 Å². The molecule has 0 atom stereocenters. The Labute approximate surface area is 194 Å². The van der Waals surface area contributed by atoms with E-state index in [-0.39, 0.29) is 76.6 Å². The molecule has 33 heavy (non-hydrogen) atoms. The summed E-state index contributed by atoms with van der Waals surface area (Å²) < 4.78 is 0. The summed E-state index contributed by atoms with van der Waals surface area (Å²) in [5.74, 6) is -2.16. The molecule has 1 aliphatic heterocycles. The second kappa shape index (κ2) is 14.8. The van der Waals surface area contributed by atoms with E-state index < -0.39 is 17.7 Å². The zero-order valence-corrected chi connectivity index (χ0v) is 19.8. The number of carbonyl (C=O) groups is 6. The highest BCUT2D eigenvalue weighted by Gasteiger charge is 2.32. The molecule has 0 bridgehead atoms. The van der Waals surface area contributed by atoms with Crippen LogP contribution in [0.4, 0.5) is 0 Å². The minimum Gasteiger partial charge on any atom is -0.347 e. The van der Waals surface area contributed by atoms with Crippen LogP contribution in [0.5, 0.6) is 0 Å². The molecule has 6 amide bonds. The molecule has 1 saturated heterocycles. The van der Waals surface area contributed by atoms with Gasteiger partial charge in [0.2, 0.25) is 35.4 Å². The Kier molecular flexibility index (Phi) is 12.5. The topological polar surface area (TPSA) is 148 Å². The average molecular weight is 469 g/mol. The lowest BCUT2D eigenvalue weighted by Gasteiger charge is -2.42. The van der Waals surface area contributed by atoms with Crippen LogP contribution in [0, 0.1) is 0 Å². The van der Waals surface area contributed by atoms with Crippen molar-refractivity contribution in [3.8, 4) is 0 Å². The largest absolute Gasteiger partial charge is 0.347 e. The van der Waals surface area contributed by atoms with Crippen LogP contribution >= 0.6 is 0 Å². The van der Waals surface area contributed by atoms with Crippen molar-refractivity contribution in [3.63, 3.8) is 0 Å². The molecule has 1 rings (SSSR count). The normalized spacial score (nSPS) is 13.4. The molecule has 1 fully saturated rings. The average Bonchev–Trinajstić information content (AvgIpc) is 2.79. The van der Waals surface area contributed by atoms with Gasteiger partial charge >= 0.3 is 0 Å². The Bertz CT molecular complexity index is 627. The lowest BCUT2D eigenvalue weighted by molar-refractivity contribution is -0.158. The molecular formula is C21H36N6O6. The van der Waals surface area contributed by atoms with E-state index in [1.807, 2.05) is 20.8 Å². The van der Waals surface area contributed by atoms with Crippen molar-refractivity contribution >= 4 is 35.4 Å².